The number of thiophene rings is 1. The van der Waals surface area contributed by atoms with Crippen LogP contribution in [0.4, 0.5) is 0 Å². The number of nitrogens with zero attached hydrogens (tertiary/aromatic N) is 3. The Kier molecular flexibility index (Phi) is 6.08. The molecule has 0 aliphatic carbocycles. The first kappa shape index (κ1) is 19.8. The number of carbonyl (C=O) groups is 1. The zero-order valence-electron chi connectivity index (χ0n) is 16.8. The predicted molar refractivity (Wildman–Crippen MR) is 115 cm³/mol. The summed E-state index contributed by atoms with van der Waals surface area (Å²) in [6.07, 6.45) is 0. The minimum Gasteiger partial charge on any atom is -0.379 e. The summed E-state index contributed by atoms with van der Waals surface area (Å²) in [6, 6.07) is 14.3. The molecule has 1 aliphatic heterocycles. The number of hydrogen-bond acceptors (Lipinski definition) is 5. The molecule has 0 spiro atoms. The van der Waals surface area contributed by atoms with Gasteiger partial charge < -0.3 is 10.1 Å². The van der Waals surface area contributed by atoms with Crippen LogP contribution in [0.5, 0.6) is 0 Å². The van der Waals surface area contributed by atoms with Crippen molar-refractivity contribution in [2.45, 2.75) is 19.9 Å². The van der Waals surface area contributed by atoms with Gasteiger partial charge in [-0.2, -0.15) is 5.10 Å². The fourth-order valence-corrected chi connectivity index (χ4v) is 4.71. The van der Waals surface area contributed by atoms with E-state index in [1.807, 2.05) is 48.9 Å². The summed E-state index contributed by atoms with van der Waals surface area (Å²) in [4.78, 5) is 16.7. The van der Waals surface area contributed by atoms with E-state index in [0.29, 0.717) is 12.1 Å². The molecule has 2 aromatic heterocycles. The summed E-state index contributed by atoms with van der Waals surface area (Å²) >= 11 is 1.73. The lowest BCUT2D eigenvalue weighted by Crippen LogP contribution is -2.43. The van der Waals surface area contributed by atoms with Crippen LogP contribution in [-0.2, 0) is 4.74 Å². The summed E-state index contributed by atoms with van der Waals surface area (Å²) in [5, 5.41) is 9.85. The van der Waals surface area contributed by atoms with Gasteiger partial charge in [0, 0.05) is 24.5 Å². The monoisotopic (exact) mass is 410 g/mol. The zero-order chi connectivity index (χ0) is 20.2. The van der Waals surface area contributed by atoms with Crippen molar-refractivity contribution < 1.29 is 9.53 Å². The molecular formula is C22H26N4O2S. The minimum atomic E-state index is -0.0722. The lowest BCUT2D eigenvalue weighted by Gasteiger charge is -2.34. The zero-order valence-corrected chi connectivity index (χ0v) is 17.6. The molecule has 29 heavy (non-hydrogen) atoms. The maximum absolute atomic E-state index is 13.1. The number of carbonyl (C=O) groups excluding carboxylic acids is 1. The first-order valence-corrected chi connectivity index (χ1v) is 10.8. The van der Waals surface area contributed by atoms with Gasteiger partial charge in [0.2, 0.25) is 0 Å². The number of ether oxygens (including phenoxy) is 1. The molecule has 4 rings (SSSR count). The quantitative estimate of drug-likeness (QED) is 0.677. The molecule has 7 heteroatoms. The number of hydrogen-bond donors (Lipinski definition) is 1. The Bertz CT molecular complexity index is 947. The average molecular weight is 411 g/mol. The summed E-state index contributed by atoms with van der Waals surface area (Å²) in [5.41, 5.74) is 3.20. The molecule has 0 bridgehead atoms. The van der Waals surface area contributed by atoms with Gasteiger partial charge >= 0.3 is 0 Å². The Morgan fingerprint density at radius 2 is 1.93 bits per heavy atom. The van der Waals surface area contributed by atoms with Gasteiger partial charge in [0.1, 0.15) is 0 Å². The Morgan fingerprint density at radius 3 is 2.62 bits per heavy atom. The normalized spacial score (nSPS) is 15.9. The summed E-state index contributed by atoms with van der Waals surface area (Å²) < 4.78 is 7.34. The van der Waals surface area contributed by atoms with Crippen LogP contribution >= 0.6 is 11.3 Å². The van der Waals surface area contributed by atoms with E-state index < -0.39 is 0 Å². The van der Waals surface area contributed by atoms with Crippen LogP contribution in [0.25, 0.3) is 5.69 Å². The molecule has 152 valence electrons. The molecule has 1 aromatic carbocycles. The number of rotatable bonds is 6. The smallest absolute Gasteiger partial charge is 0.255 e. The Balaban J connectivity index is 1.52. The summed E-state index contributed by atoms with van der Waals surface area (Å²) in [7, 11) is 0. The lowest BCUT2D eigenvalue weighted by atomic mass is 10.1. The van der Waals surface area contributed by atoms with E-state index in [9.17, 15) is 4.79 Å². The van der Waals surface area contributed by atoms with E-state index in [1.54, 1.807) is 11.3 Å². The van der Waals surface area contributed by atoms with Crippen LogP contribution in [0.2, 0.25) is 0 Å². The molecule has 1 unspecified atom stereocenters. The van der Waals surface area contributed by atoms with Crippen LogP contribution in [0.15, 0.2) is 47.8 Å². The lowest BCUT2D eigenvalue weighted by molar-refractivity contribution is 0.0169. The maximum atomic E-state index is 13.1. The largest absolute Gasteiger partial charge is 0.379 e. The fraction of sp³-hybridized carbons (Fsp3) is 0.364. The molecule has 1 fully saturated rings. The minimum absolute atomic E-state index is 0.0722. The van der Waals surface area contributed by atoms with Crippen molar-refractivity contribution in [2.75, 3.05) is 32.8 Å². The number of morpholine rings is 1. The van der Waals surface area contributed by atoms with Crippen molar-refractivity contribution in [1.82, 2.24) is 20.0 Å². The maximum Gasteiger partial charge on any atom is 0.255 e. The molecule has 1 aliphatic rings. The van der Waals surface area contributed by atoms with Gasteiger partial charge in [-0.25, -0.2) is 4.68 Å². The van der Waals surface area contributed by atoms with Crippen LogP contribution in [0, 0.1) is 13.8 Å². The number of nitrogens with one attached hydrogen (secondary N) is 1. The first-order chi connectivity index (χ1) is 14.1. The Hall–Kier alpha value is -2.48. The number of benzene rings is 1. The number of aryl methyl sites for hydroxylation is 1. The van der Waals surface area contributed by atoms with Gasteiger partial charge in [-0.3, -0.25) is 9.69 Å². The highest BCUT2D eigenvalue weighted by molar-refractivity contribution is 7.10. The van der Waals surface area contributed by atoms with Gasteiger partial charge in [0.15, 0.2) is 0 Å². The number of para-hydroxylation sites is 1. The van der Waals surface area contributed by atoms with E-state index >= 15 is 0 Å². The van der Waals surface area contributed by atoms with Crippen LogP contribution in [-0.4, -0.2) is 53.4 Å². The molecular weight excluding hydrogens is 384 g/mol. The van der Waals surface area contributed by atoms with E-state index in [2.05, 4.69) is 32.8 Å². The highest BCUT2D eigenvalue weighted by Crippen LogP contribution is 2.26. The standard InChI is InChI=1S/C22H26N4O2S/c1-16-21(17(2)26(24-16)18-7-4-3-5-8-18)22(27)23-15-19(20-9-6-14-29-20)25-10-12-28-13-11-25/h3-9,14,19H,10-13,15H2,1-2H3,(H,23,27). The SMILES string of the molecule is Cc1nn(-c2ccccc2)c(C)c1C(=O)NCC(c1cccs1)N1CCOCC1. The second kappa shape index (κ2) is 8.90. The third-order valence-electron chi connectivity index (χ3n) is 5.33. The average Bonchev–Trinajstić information content (AvgIpc) is 3.38. The molecule has 1 saturated heterocycles. The molecule has 0 saturated carbocycles. The van der Waals surface area contributed by atoms with Gasteiger partial charge in [-0.05, 0) is 37.4 Å². The third kappa shape index (κ3) is 4.27. The first-order valence-electron chi connectivity index (χ1n) is 9.90. The molecule has 1 atom stereocenters. The molecule has 1 N–H and O–H groups in total. The molecule has 3 aromatic rings. The third-order valence-corrected chi connectivity index (χ3v) is 6.31. The molecule has 3 heterocycles. The molecule has 6 nitrogen and oxygen atoms in total. The van der Waals surface area contributed by atoms with Gasteiger partial charge in [-0.1, -0.05) is 24.3 Å². The second-order valence-electron chi connectivity index (χ2n) is 7.18. The van der Waals surface area contributed by atoms with Gasteiger partial charge in [-0.15, -0.1) is 11.3 Å². The van der Waals surface area contributed by atoms with Gasteiger partial charge in [0.05, 0.1) is 41.9 Å². The van der Waals surface area contributed by atoms with Crippen LogP contribution in [0.3, 0.4) is 0 Å². The van der Waals surface area contributed by atoms with Crippen molar-refractivity contribution in [2.24, 2.45) is 0 Å². The van der Waals surface area contributed by atoms with E-state index in [-0.39, 0.29) is 11.9 Å². The highest BCUT2D eigenvalue weighted by Gasteiger charge is 2.25. The van der Waals surface area contributed by atoms with Crippen LogP contribution in [0.1, 0.15) is 32.7 Å². The van der Waals surface area contributed by atoms with E-state index in [1.165, 1.54) is 4.88 Å². The topological polar surface area (TPSA) is 59.4 Å². The van der Waals surface area contributed by atoms with Gasteiger partial charge in [0.25, 0.3) is 5.91 Å². The summed E-state index contributed by atoms with van der Waals surface area (Å²) in [6.45, 7) is 7.62. The Morgan fingerprint density at radius 1 is 1.17 bits per heavy atom. The second-order valence-corrected chi connectivity index (χ2v) is 8.16. The Labute approximate surface area is 175 Å². The number of amides is 1. The van der Waals surface area contributed by atoms with E-state index in [4.69, 9.17) is 4.74 Å². The van der Waals surface area contributed by atoms with Crippen LogP contribution < -0.4 is 5.32 Å². The summed E-state index contributed by atoms with van der Waals surface area (Å²) in [5.74, 6) is -0.0722. The van der Waals surface area contributed by atoms with Crippen molar-refractivity contribution in [3.05, 3.63) is 69.7 Å². The number of aromatic nitrogens is 2. The van der Waals surface area contributed by atoms with Crippen molar-refractivity contribution in [1.29, 1.82) is 0 Å². The van der Waals surface area contributed by atoms with Crippen molar-refractivity contribution >= 4 is 17.2 Å². The molecule has 0 radical (unpaired) electrons. The van der Waals surface area contributed by atoms with Crippen molar-refractivity contribution in [3.8, 4) is 5.69 Å². The highest BCUT2D eigenvalue weighted by atomic mass is 32.1. The fourth-order valence-electron chi connectivity index (χ4n) is 3.85. The van der Waals surface area contributed by atoms with Crippen molar-refractivity contribution in [3.63, 3.8) is 0 Å². The predicted octanol–water partition coefficient (Wildman–Crippen LogP) is 3.35. The molecule has 1 amide bonds. The van der Waals surface area contributed by atoms with E-state index in [0.717, 1.165) is 43.4 Å².